The lowest BCUT2D eigenvalue weighted by Crippen LogP contribution is -2.30. The topological polar surface area (TPSA) is 75.3 Å². The molecule has 0 saturated heterocycles. The van der Waals surface area contributed by atoms with Crippen LogP contribution >= 0.6 is 0 Å². The van der Waals surface area contributed by atoms with Gasteiger partial charge in [0.25, 0.3) is 5.91 Å². The van der Waals surface area contributed by atoms with Gasteiger partial charge >= 0.3 is 0 Å². The smallest absolute Gasteiger partial charge is 0.251 e. The van der Waals surface area contributed by atoms with Gasteiger partial charge in [0, 0.05) is 11.6 Å². The van der Waals surface area contributed by atoms with E-state index in [1.54, 1.807) is 18.2 Å². The van der Waals surface area contributed by atoms with E-state index >= 15 is 0 Å². The second kappa shape index (κ2) is 5.82. The maximum atomic E-state index is 12.5. The molecule has 2 saturated carbocycles. The predicted molar refractivity (Wildman–Crippen MR) is 91.0 cm³/mol. The van der Waals surface area contributed by atoms with E-state index in [0.29, 0.717) is 16.7 Å². The molecule has 126 valence electrons. The molecule has 1 atom stereocenters. The zero-order chi connectivity index (χ0) is 16.7. The molecule has 2 N–H and O–H groups in total. The highest BCUT2D eigenvalue weighted by Gasteiger charge is 2.54. The monoisotopic (exact) mass is 336 g/mol. The molecule has 2 aliphatic rings. The highest BCUT2D eigenvalue weighted by atomic mass is 32.2. The molecule has 2 aliphatic carbocycles. The van der Waals surface area contributed by atoms with Gasteiger partial charge in [-0.05, 0) is 49.3 Å². The lowest BCUT2D eigenvalue weighted by atomic mass is 9.86. The van der Waals surface area contributed by atoms with E-state index in [0.717, 1.165) is 18.2 Å². The van der Waals surface area contributed by atoms with E-state index in [1.165, 1.54) is 32.1 Å². The van der Waals surface area contributed by atoms with Gasteiger partial charge in [0.2, 0.25) is 10.0 Å². The molecule has 23 heavy (non-hydrogen) atoms. The normalized spacial score (nSPS) is 22.6. The molecule has 2 fully saturated rings. The number of carbonyl (C=O) groups is 1. The van der Waals surface area contributed by atoms with Gasteiger partial charge in [0.1, 0.15) is 0 Å². The van der Waals surface area contributed by atoms with Crippen LogP contribution < -0.4 is 10.0 Å². The van der Waals surface area contributed by atoms with Crippen LogP contribution in [0.2, 0.25) is 0 Å². The van der Waals surface area contributed by atoms with Gasteiger partial charge in [0.15, 0.2) is 0 Å². The first-order valence-electron chi connectivity index (χ1n) is 8.18. The Hall–Kier alpha value is -1.56. The fraction of sp³-hybridized carbons (Fsp3) is 0.588. The SMILES string of the molecule is Cc1ccc(C(=O)NC2CC23CCCCC3)cc1NS(C)(=O)=O. The Morgan fingerprint density at radius 2 is 1.91 bits per heavy atom. The zero-order valence-electron chi connectivity index (χ0n) is 13.7. The van der Waals surface area contributed by atoms with Crippen molar-refractivity contribution in [3.8, 4) is 0 Å². The molecule has 0 heterocycles. The van der Waals surface area contributed by atoms with Crippen LogP contribution in [0, 0.1) is 12.3 Å². The number of anilines is 1. The number of hydrogen-bond donors (Lipinski definition) is 2. The molecule has 1 aromatic rings. The van der Waals surface area contributed by atoms with Crippen molar-refractivity contribution >= 4 is 21.6 Å². The first-order chi connectivity index (χ1) is 10.8. The lowest BCUT2D eigenvalue weighted by Gasteiger charge is -2.22. The van der Waals surface area contributed by atoms with Crippen molar-refractivity contribution in [3.05, 3.63) is 29.3 Å². The highest BCUT2D eigenvalue weighted by Crippen LogP contribution is 2.56. The Balaban J connectivity index is 1.69. The summed E-state index contributed by atoms with van der Waals surface area (Å²) in [6.45, 7) is 1.81. The van der Waals surface area contributed by atoms with Crippen LogP contribution in [0.25, 0.3) is 0 Å². The number of rotatable bonds is 4. The highest BCUT2D eigenvalue weighted by molar-refractivity contribution is 7.92. The molecule has 1 spiro atoms. The number of sulfonamides is 1. The van der Waals surface area contributed by atoms with Gasteiger partial charge in [-0.25, -0.2) is 8.42 Å². The van der Waals surface area contributed by atoms with Crippen LogP contribution in [0.5, 0.6) is 0 Å². The Kier molecular flexibility index (Phi) is 4.12. The van der Waals surface area contributed by atoms with Gasteiger partial charge in [0.05, 0.1) is 11.9 Å². The summed E-state index contributed by atoms with van der Waals surface area (Å²) < 4.78 is 25.3. The van der Waals surface area contributed by atoms with E-state index in [9.17, 15) is 13.2 Å². The number of nitrogens with one attached hydrogen (secondary N) is 2. The van der Waals surface area contributed by atoms with Crippen LogP contribution in [-0.2, 0) is 10.0 Å². The lowest BCUT2D eigenvalue weighted by molar-refractivity contribution is 0.0942. The molecule has 5 nitrogen and oxygen atoms in total. The molecule has 1 amide bonds. The quantitative estimate of drug-likeness (QED) is 0.888. The standard InChI is InChI=1S/C17H24N2O3S/c1-12-6-7-13(10-14(12)19-23(2,21)22)16(20)18-15-11-17(15)8-4-3-5-9-17/h6-7,10,15,19H,3-5,8-9,11H2,1-2H3,(H,18,20). The molecule has 0 aliphatic heterocycles. The second-order valence-electron chi connectivity index (χ2n) is 7.06. The van der Waals surface area contributed by atoms with Crippen molar-refractivity contribution < 1.29 is 13.2 Å². The van der Waals surface area contributed by atoms with E-state index in [1.807, 2.05) is 6.92 Å². The van der Waals surface area contributed by atoms with Gasteiger partial charge in [-0.1, -0.05) is 25.3 Å². The molecular formula is C17H24N2O3S. The van der Waals surface area contributed by atoms with Gasteiger partial charge in [-0.2, -0.15) is 0 Å². The number of benzene rings is 1. The summed E-state index contributed by atoms with van der Waals surface area (Å²) in [6.07, 6.45) is 8.45. The van der Waals surface area contributed by atoms with Crippen molar-refractivity contribution in [1.82, 2.24) is 5.32 Å². The fourth-order valence-electron chi connectivity index (χ4n) is 3.67. The van der Waals surface area contributed by atoms with E-state index < -0.39 is 10.0 Å². The number of aryl methyl sites for hydroxylation is 1. The van der Waals surface area contributed by atoms with Crippen LogP contribution in [0.15, 0.2) is 18.2 Å². The molecule has 1 unspecified atom stereocenters. The number of amides is 1. The fourth-order valence-corrected chi connectivity index (χ4v) is 4.29. The minimum atomic E-state index is -3.36. The van der Waals surface area contributed by atoms with Crippen LogP contribution in [-0.4, -0.2) is 26.6 Å². The maximum Gasteiger partial charge on any atom is 0.251 e. The minimum absolute atomic E-state index is 0.117. The van der Waals surface area contributed by atoms with Gasteiger partial charge in [-0.3, -0.25) is 9.52 Å². The molecular weight excluding hydrogens is 312 g/mol. The van der Waals surface area contributed by atoms with Crippen molar-refractivity contribution in [2.45, 2.75) is 51.5 Å². The third-order valence-electron chi connectivity index (χ3n) is 5.14. The number of hydrogen-bond acceptors (Lipinski definition) is 3. The van der Waals surface area contributed by atoms with Gasteiger partial charge < -0.3 is 5.32 Å². The van der Waals surface area contributed by atoms with Crippen LogP contribution in [0.3, 0.4) is 0 Å². The van der Waals surface area contributed by atoms with Crippen LogP contribution in [0.4, 0.5) is 5.69 Å². The molecule has 0 radical (unpaired) electrons. The third-order valence-corrected chi connectivity index (χ3v) is 5.73. The molecule has 6 heteroatoms. The Bertz CT molecular complexity index is 721. The Morgan fingerprint density at radius 3 is 2.57 bits per heavy atom. The summed E-state index contributed by atoms with van der Waals surface area (Å²) in [4.78, 5) is 12.5. The maximum absolute atomic E-state index is 12.5. The average Bonchev–Trinajstić information content (AvgIpc) is 3.11. The predicted octanol–water partition coefficient (Wildman–Crippen LogP) is 2.82. The molecule has 0 bridgehead atoms. The summed E-state index contributed by atoms with van der Waals surface area (Å²) in [7, 11) is -3.36. The molecule has 1 aromatic carbocycles. The van der Waals surface area contributed by atoms with Crippen molar-refractivity contribution in [2.24, 2.45) is 5.41 Å². The van der Waals surface area contributed by atoms with E-state index in [4.69, 9.17) is 0 Å². The minimum Gasteiger partial charge on any atom is -0.349 e. The average molecular weight is 336 g/mol. The number of carbonyl (C=O) groups excluding carboxylic acids is 1. The van der Waals surface area contributed by atoms with Crippen LogP contribution in [0.1, 0.15) is 54.4 Å². The van der Waals surface area contributed by atoms with Crippen molar-refractivity contribution in [2.75, 3.05) is 11.0 Å². The largest absolute Gasteiger partial charge is 0.349 e. The first-order valence-corrected chi connectivity index (χ1v) is 10.1. The van der Waals surface area contributed by atoms with Gasteiger partial charge in [-0.15, -0.1) is 0 Å². The van der Waals surface area contributed by atoms with Crippen molar-refractivity contribution in [1.29, 1.82) is 0 Å². The summed E-state index contributed by atoms with van der Waals surface area (Å²) in [5, 5.41) is 3.12. The summed E-state index contributed by atoms with van der Waals surface area (Å²) in [6, 6.07) is 5.41. The summed E-state index contributed by atoms with van der Waals surface area (Å²) in [5.41, 5.74) is 2.09. The Morgan fingerprint density at radius 1 is 1.22 bits per heavy atom. The zero-order valence-corrected chi connectivity index (χ0v) is 14.5. The van der Waals surface area contributed by atoms with E-state index in [-0.39, 0.29) is 11.9 Å². The summed E-state index contributed by atoms with van der Waals surface area (Å²) >= 11 is 0. The molecule has 0 aromatic heterocycles. The van der Waals surface area contributed by atoms with E-state index in [2.05, 4.69) is 10.0 Å². The third kappa shape index (κ3) is 3.68. The first kappa shape index (κ1) is 16.3. The second-order valence-corrected chi connectivity index (χ2v) is 8.81. The molecule has 3 rings (SSSR count). The summed E-state index contributed by atoms with van der Waals surface area (Å²) in [5.74, 6) is -0.117. The van der Waals surface area contributed by atoms with Crippen molar-refractivity contribution in [3.63, 3.8) is 0 Å². The Labute approximate surface area is 137 Å².